The maximum atomic E-state index is 6.06. The number of rotatable bonds is 2. The summed E-state index contributed by atoms with van der Waals surface area (Å²) in [5.41, 5.74) is 9.72. The number of nitrogens with zero attached hydrogens (tertiary/aromatic N) is 2. The average Bonchev–Trinajstić information content (AvgIpc) is 2.73. The van der Waals surface area contributed by atoms with Crippen molar-refractivity contribution >= 4 is 28.6 Å². The molecule has 4 nitrogen and oxygen atoms in total. The van der Waals surface area contributed by atoms with Gasteiger partial charge < -0.3 is 10.5 Å². The molecule has 0 saturated carbocycles. The molecule has 1 aromatic heterocycles. The van der Waals surface area contributed by atoms with Gasteiger partial charge in [0.1, 0.15) is 5.75 Å². The zero-order chi connectivity index (χ0) is 14.3. The minimum atomic E-state index is 0.408. The van der Waals surface area contributed by atoms with Crippen LogP contribution in [-0.2, 0) is 0 Å². The fourth-order valence-corrected chi connectivity index (χ4v) is 2.47. The topological polar surface area (TPSA) is 53.1 Å². The zero-order valence-corrected chi connectivity index (χ0v) is 12.0. The van der Waals surface area contributed by atoms with Gasteiger partial charge in [0.25, 0.3) is 0 Å². The highest BCUT2D eigenvalue weighted by atomic mass is 35.5. The number of benzene rings is 2. The summed E-state index contributed by atoms with van der Waals surface area (Å²) >= 11 is 6.00. The number of fused-ring (bicyclic) bond motifs is 1. The van der Waals surface area contributed by atoms with Crippen molar-refractivity contribution in [2.45, 2.75) is 6.92 Å². The van der Waals surface area contributed by atoms with Crippen molar-refractivity contribution in [3.63, 3.8) is 0 Å². The standard InChI is InChI=1S/C15H14ClN3O/c1-9-3-6-14(20-2)13(7-9)19-12-5-4-10(16)8-11(12)18-15(19)17/h3-8H,1-2H3,(H2,17,18). The van der Waals surface area contributed by atoms with Crippen LogP contribution in [-0.4, -0.2) is 16.7 Å². The van der Waals surface area contributed by atoms with Gasteiger partial charge in [-0.1, -0.05) is 17.7 Å². The first kappa shape index (κ1) is 12.8. The molecule has 20 heavy (non-hydrogen) atoms. The fraction of sp³-hybridized carbons (Fsp3) is 0.133. The summed E-state index contributed by atoms with van der Waals surface area (Å²) in [6, 6.07) is 11.5. The third-order valence-electron chi connectivity index (χ3n) is 3.22. The summed E-state index contributed by atoms with van der Waals surface area (Å²) in [5.74, 6) is 1.16. The van der Waals surface area contributed by atoms with Crippen molar-refractivity contribution in [3.05, 3.63) is 47.0 Å². The molecule has 0 spiro atoms. The molecule has 2 aromatic carbocycles. The number of methoxy groups -OCH3 is 1. The Hall–Kier alpha value is -2.20. The van der Waals surface area contributed by atoms with Crippen molar-refractivity contribution in [1.82, 2.24) is 9.55 Å². The van der Waals surface area contributed by atoms with E-state index in [1.165, 1.54) is 0 Å². The van der Waals surface area contributed by atoms with E-state index in [1.807, 2.05) is 41.8 Å². The quantitative estimate of drug-likeness (QED) is 0.784. The number of nitrogens with two attached hydrogens (primary N) is 1. The highest BCUT2D eigenvalue weighted by Gasteiger charge is 2.14. The molecule has 0 radical (unpaired) electrons. The third-order valence-corrected chi connectivity index (χ3v) is 3.45. The minimum absolute atomic E-state index is 0.408. The van der Waals surface area contributed by atoms with E-state index in [-0.39, 0.29) is 0 Å². The monoisotopic (exact) mass is 287 g/mol. The normalized spacial score (nSPS) is 10.9. The van der Waals surface area contributed by atoms with Gasteiger partial charge in [-0.15, -0.1) is 0 Å². The number of hydrogen-bond donors (Lipinski definition) is 1. The Labute approximate surface area is 121 Å². The molecular formula is C15H14ClN3O. The number of imidazole rings is 1. The smallest absolute Gasteiger partial charge is 0.206 e. The second-order valence-electron chi connectivity index (χ2n) is 4.61. The largest absolute Gasteiger partial charge is 0.495 e. The zero-order valence-electron chi connectivity index (χ0n) is 11.2. The predicted octanol–water partition coefficient (Wildman–Crippen LogP) is 3.58. The van der Waals surface area contributed by atoms with Gasteiger partial charge in [0.05, 0.1) is 23.8 Å². The molecule has 2 N–H and O–H groups in total. The molecule has 0 atom stereocenters. The number of aromatic nitrogens is 2. The molecular weight excluding hydrogens is 274 g/mol. The highest BCUT2D eigenvalue weighted by Crippen LogP contribution is 2.31. The van der Waals surface area contributed by atoms with Crippen LogP contribution in [0.4, 0.5) is 5.95 Å². The van der Waals surface area contributed by atoms with E-state index in [4.69, 9.17) is 22.1 Å². The lowest BCUT2D eigenvalue weighted by Crippen LogP contribution is -2.03. The molecule has 0 amide bonds. The van der Waals surface area contributed by atoms with Crippen molar-refractivity contribution in [2.24, 2.45) is 0 Å². The van der Waals surface area contributed by atoms with Crippen molar-refractivity contribution in [1.29, 1.82) is 0 Å². The van der Waals surface area contributed by atoms with Crippen LogP contribution < -0.4 is 10.5 Å². The van der Waals surface area contributed by atoms with Gasteiger partial charge in [-0.2, -0.15) is 0 Å². The molecule has 3 rings (SSSR count). The van der Waals surface area contributed by atoms with Crippen LogP contribution in [0.1, 0.15) is 5.56 Å². The first-order chi connectivity index (χ1) is 9.60. The maximum Gasteiger partial charge on any atom is 0.206 e. The Bertz CT molecular complexity index is 795. The molecule has 0 saturated heterocycles. The molecule has 0 unspecified atom stereocenters. The summed E-state index contributed by atoms with van der Waals surface area (Å²) in [7, 11) is 1.64. The first-order valence-electron chi connectivity index (χ1n) is 6.18. The molecule has 0 aliphatic rings. The predicted molar refractivity (Wildman–Crippen MR) is 81.8 cm³/mol. The number of nitrogen functional groups attached to an aromatic ring is 1. The summed E-state index contributed by atoms with van der Waals surface area (Å²) in [4.78, 5) is 4.36. The summed E-state index contributed by atoms with van der Waals surface area (Å²) in [5, 5.41) is 0.637. The Morgan fingerprint density at radius 2 is 2.00 bits per heavy atom. The molecule has 0 bridgehead atoms. The summed E-state index contributed by atoms with van der Waals surface area (Å²) in [6.45, 7) is 2.02. The van der Waals surface area contributed by atoms with Gasteiger partial charge in [0, 0.05) is 5.02 Å². The Morgan fingerprint density at radius 1 is 1.20 bits per heavy atom. The van der Waals surface area contributed by atoms with Crippen molar-refractivity contribution in [2.75, 3.05) is 12.8 Å². The van der Waals surface area contributed by atoms with E-state index in [2.05, 4.69) is 4.98 Å². The Kier molecular flexibility index (Phi) is 3.03. The number of hydrogen-bond acceptors (Lipinski definition) is 3. The number of ether oxygens (including phenoxy) is 1. The van der Waals surface area contributed by atoms with Crippen molar-refractivity contribution in [3.8, 4) is 11.4 Å². The molecule has 0 fully saturated rings. The van der Waals surface area contributed by atoms with Crippen LogP contribution >= 0.6 is 11.6 Å². The Morgan fingerprint density at radius 3 is 2.75 bits per heavy atom. The van der Waals surface area contributed by atoms with Gasteiger partial charge >= 0.3 is 0 Å². The highest BCUT2D eigenvalue weighted by molar-refractivity contribution is 6.31. The lowest BCUT2D eigenvalue weighted by atomic mass is 10.2. The van der Waals surface area contributed by atoms with Crippen LogP contribution in [0.25, 0.3) is 16.7 Å². The fourth-order valence-electron chi connectivity index (χ4n) is 2.30. The lowest BCUT2D eigenvalue weighted by Gasteiger charge is -2.12. The number of halogens is 1. The summed E-state index contributed by atoms with van der Waals surface area (Å²) in [6.07, 6.45) is 0. The molecule has 0 aliphatic heterocycles. The van der Waals surface area contributed by atoms with Crippen LogP contribution in [0.2, 0.25) is 5.02 Å². The van der Waals surface area contributed by atoms with E-state index in [0.29, 0.717) is 11.0 Å². The minimum Gasteiger partial charge on any atom is -0.495 e. The maximum absolute atomic E-state index is 6.06. The van der Waals surface area contributed by atoms with Gasteiger partial charge in [-0.3, -0.25) is 4.57 Å². The molecule has 5 heteroatoms. The van der Waals surface area contributed by atoms with Crippen LogP contribution in [0.3, 0.4) is 0 Å². The van der Waals surface area contributed by atoms with Gasteiger partial charge in [-0.25, -0.2) is 4.98 Å². The number of anilines is 1. The van der Waals surface area contributed by atoms with E-state index in [0.717, 1.165) is 28.0 Å². The first-order valence-corrected chi connectivity index (χ1v) is 6.56. The van der Waals surface area contributed by atoms with E-state index in [9.17, 15) is 0 Å². The second-order valence-corrected chi connectivity index (χ2v) is 5.05. The van der Waals surface area contributed by atoms with E-state index < -0.39 is 0 Å². The van der Waals surface area contributed by atoms with Crippen LogP contribution in [0.15, 0.2) is 36.4 Å². The average molecular weight is 288 g/mol. The van der Waals surface area contributed by atoms with Crippen LogP contribution in [0, 0.1) is 6.92 Å². The molecule has 1 heterocycles. The van der Waals surface area contributed by atoms with Gasteiger partial charge in [-0.05, 0) is 42.8 Å². The second kappa shape index (κ2) is 4.72. The molecule has 3 aromatic rings. The van der Waals surface area contributed by atoms with Crippen molar-refractivity contribution < 1.29 is 4.74 Å². The molecule has 102 valence electrons. The SMILES string of the molecule is COc1ccc(C)cc1-n1c(N)nc2cc(Cl)ccc21. The van der Waals surface area contributed by atoms with E-state index in [1.54, 1.807) is 13.2 Å². The number of aryl methyl sites for hydroxylation is 1. The van der Waals surface area contributed by atoms with Gasteiger partial charge in [0.15, 0.2) is 0 Å². The third kappa shape index (κ3) is 1.98. The van der Waals surface area contributed by atoms with E-state index >= 15 is 0 Å². The van der Waals surface area contributed by atoms with Crippen LogP contribution in [0.5, 0.6) is 5.75 Å². The Balaban J connectivity index is 2.34. The molecule has 0 aliphatic carbocycles. The van der Waals surface area contributed by atoms with Gasteiger partial charge in [0.2, 0.25) is 5.95 Å². The summed E-state index contributed by atoms with van der Waals surface area (Å²) < 4.78 is 7.29. The lowest BCUT2D eigenvalue weighted by molar-refractivity contribution is 0.413.